The second-order valence-electron chi connectivity index (χ2n) is 8.92. The molecule has 0 spiro atoms. The molecular formula is C28H26N2O5S. The number of Topliss-reactive ketones (excluding diaryl/α,β-unsaturated/α-hetero) is 1. The van der Waals surface area contributed by atoms with E-state index in [1.807, 2.05) is 32.9 Å². The fraction of sp³-hybridized carbons (Fsp3) is 0.250. The first-order valence-electron chi connectivity index (χ1n) is 11.8. The van der Waals surface area contributed by atoms with E-state index in [9.17, 15) is 14.7 Å². The Morgan fingerprint density at radius 2 is 1.94 bits per heavy atom. The molecule has 1 saturated heterocycles. The maximum absolute atomic E-state index is 13.4. The highest BCUT2D eigenvalue weighted by Crippen LogP contribution is 2.45. The average Bonchev–Trinajstić information content (AvgIpc) is 3.54. The standard InChI is InChI=1S/C28H26N2O5S/c1-5-11-34-19-8-6-7-18(14-19)25(31)22-24(20-10-9-17(4)35-20)30(27(33)26(22)32)28-29-23-16(3)12-15(2)13-21(23)36-28/h6-10,12-14,24,31H,5,11H2,1-4H3. The van der Waals surface area contributed by atoms with Crippen molar-refractivity contribution in [2.75, 3.05) is 11.5 Å². The number of carbonyl (C=O) groups is 2. The predicted octanol–water partition coefficient (Wildman–Crippen LogP) is 6.23. The first-order valence-corrected chi connectivity index (χ1v) is 12.6. The minimum atomic E-state index is -0.958. The summed E-state index contributed by atoms with van der Waals surface area (Å²) < 4.78 is 12.5. The molecule has 1 unspecified atom stereocenters. The molecule has 1 aliphatic rings. The lowest BCUT2D eigenvalue weighted by Crippen LogP contribution is -2.29. The number of ketones is 1. The molecule has 2 aromatic heterocycles. The summed E-state index contributed by atoms with van der Waals surface area (Å²) in [5.41, 5.74) is 3.18. The molecule has 1 N–H and O–H groups in total. The van der Waals surface area contributed by atoms with Crippen LogP contribution in [0.2, 0.25) is 0 Å². The number of ether oxygens (including phenoxy) is 1. The maximum Gasteiger partial charge on any atom is 0.302 e. The molecule has 4 aromatic rings. The van der Waals surface area contributed by atoms with Crippen molar-refractivity contribution in [2.45, 2.75) is 40.2 Å². The van der Waals surface area contributed by atoms with Crippen molar-refractivity contribution in [3.05, 3.63) is 82.3 Å². The van der Waals surface area contributed by atoms with Gasteiger partial charge in [0.1, 0.15) is 29.1 Å². The van der Waals surface area contributed by atoms with Crippen molar-refractivity contribution in [3.8, 4) is 5.75 Å². The zero-order chi connectivity index (χ0) is 25.6. The summed E-state index contributed by atoms with van der Waals surface area (Å²) in [5, 5.41) is 11.7. The van der Waals surface area contributed by atoms with Gasteiger partial charge in [0.05, 0.1) is 22.4 Å². The number of rotatable bonds is 6. The lowest BCUT2D eigenvalue weighted by atomic mass is 9.99. The highest BCUT2D eigenvalue weighted by atomic mass is 32.1. The number of benzene rings is 2. The van der Waals surface area contributed by atoms with Crippen LogP contribution < -0.4 is 9.64 Å². The smallest absolute Gasteiger partial charge is 0.302 e. The van der Waals surface area contributed by atoms with E-state index < -0.39 is 17.7 Å². The van der Waals surface area contributed by atoms with Crippen molar-refractivity contribution in [1.82, 2.24) is 4.98 Å². The number of nitrogens with zero attached hydrogens (tertiary/aromatic N) is 2. The quantitative estimate of drug-likeness (QED) is 0.191. The van der Waals surface area contributed by atoms with Crippen molar-refractivity contribution < 1.29 is 23.8 Å². The Labute approximate surface area is 212 Å². The summed E-state index contributed by atoms with van der Waals surface area (Å²) in [6.45, 7) is 8.28. The van der Waals surface area contributed by atoms with Crippen LogP contribution in [0.4, 0.5) is 5.13 Å². The minimum Gasteiger partial charge on any atom is -0.507 e. The normalized spacial score (nSPS) is 17.3. The number of hydrogen-bond donors (Lipinski definition) is 1. The monoisotopic (exact) mass is 502 g/mol. The number of amides is 1. The van der Waals surface area contributed by atoms with E-state index in [4.69, 9.17) is 14.1 Å². The van der Waals surface area contributed by atoms with E-state index in [0.717, 1.165) is 27.8 Å². The van der Waals surface area contributed by atoms with E-state index in [1.54, 1.807) is 43.3 Å². The summed E-state index contributed by atoms with van der Waals surface area (Å²) in [4.78, 5) is 32.9. The summed E-state index contributed by atoms with van der Waals surface area (Å²) in [6.07, 6.45) is 0.834. The Balaban J connectivity index is 1.68. The Morgan fingerprint density at radius 3 is 2.67 bits per heavy atom. The van der Waals surface area contributed by atoms with Gasteiger partial charge in [0.2, 0.25) is 0 Å². The first-order chi connectivity index (χ1) is 17.3. The van der Waals surface area contributed by atoms with E-state index in [2.05, 4.69) is 0 Å². The van der Waals surface area contributed by atoms with Gasteiger partial charge < -0.3 is 14.3 Å². The highest BCUT2D eigenvalue weighted by molar-refractivity contribution is 7.22. The molecule has 0 aliphatic carbocycles. The Morgan fingerprint density at radius 1 is 1.14 bits per heavy atom. The zero-order valence-electron chi connectivity index (χ0n) is 20.5. The van der Waals surface area contributed by atoms with Gasteiger partial charge in [0, 0.05) is 5.56 Å². The molecule has 8 heteroatoms. The number of furan rings is 1. The van der Waals surface area contributed by atoms with E-state index in [0.29, 0.717) is 34.6 Å². The molecule has 36 heavy (non-hydrogen) atoms. The molecule has 1 aliphatic heterocycles. The van der Waals surface area contributed by atoms with Gasteiger partial charge in [-0.05, 0) is 68.7 Å². The molecule has 1 atom stereocenters. The van der Waals surface area contributed by atoms with Crippen molar-refractivity contribution in [2.24, 2.45) is 0 Å². The molecule has 5 rings (SSSR count). The zero-order valence-corrected chi connectivity index (χ0v) is 21.3. The Hall–Kier alpha value is -3.91. The molecule has 1 fully saturated rings. The van der Waals surface area contributed by atoms with Gasteiger partial charge in [-0.15, -0.1) is 0 Å². The highest BCUT2D eigenvalue weighted by Gasteiger charge is 2.49. The van der Waals surface area contributed by atoms with Crippen LogP contribution in [0.1, 0.15) is 47.6 Å². The molecule has 7 nitrogen and oxygen atoms in total. The third-order valence-electron chi connectivity index (χ3n) is 6.08. The second-order valence-corrected chi connectivity index (χ2v) is 9.93. The predicted molar refractivity (Wildman–Crippen MR) is 140 cm³/mol. The van der Waals surface area contributed by atoms with Crippen LogP contribution in [-0.2, 0) is 9.59 Å². The molecule has 0 saturated carbocycles. The fourth-order valence-electron chi connectivity index (χ4n) is 4.47. The van der Waals surface area contributed by atoms with Gasteiger partial charge in [0.25, 0.3) is 5.78 Å². The number of anilines is 1. The number of aliphatic hydroxyl groups excluding tert-OH is 1. The molecule has 184 valence electrons. The second kappa shape index (κ2) is 9.28. The summed E-state index contributed by atoms with van der Waals surface area (Å²) >= 11 is 1.33. The van der Waals surface area contributed by atoms with Gasteiger partial charge in [-0.25, -0.2) is 4.98 Å². The number of aryl methyl sites for hydroxylation is 3. The average molecular weight is 503 g/mol. The third kappa shape index (κ3) is 4.07. The first kappa shape index (κ1) is 23.8. The van der Waals surface area contributed by atoms with Crippen LogP contribution in [0.25, 0.3) is 16.0 Å². The Kier molecular flexibility index (Phi) is 6.14. The number of carbonyl (C=O) groups excluding carboxylic acids is 2. The topological polar surface area (TPSA) is 92.9 Å². The number of fused-ring (bicyclic) bond motifs is 1. The lowest BCUT2D eigenvalue weighted by molar-refractivity contribution is -0.132. The van der Waals surface area contributed by atoms with Gasteiger partial charge in [-0.3, -0.25) is 14.5 Å². The van der Waals surface area contributed by atoms with Crippen LogP contribution in [0.15, 0.2) is 58.5 Å². The fourth-order valence-corrected chi connectivity index (χ4v) is 5.64. The van der Waals surface area contributed by atoms with Gasteiger partial charge in [-0.1, -0.05) is 36.5 Å². The molecule has 2 aromatic carbocycles. The van der Waals surface area contributed by atoms with Crippen LogP contribution in [0.5, 0.6) is 5.75 Å². The van der Waals surface area contributed by atoms with Crippen LogP contribution in [-0.4, -0.2) is 28.4 Å². The number of hydrogen-bond acceptors (Lipinski definition) is 7. The van der Waals surface area contributed by atoms with Crippen molar-refractivity contribution in [3.63, 3.8) is 0 Å². The van der Waals surface area contributed by atoms with E-state index in [-0.39, 0.29) is 11.3 Å². The van der Waals surface area contributed by atoms with Crippen LogP contribution in [0, 0.1) is 20.8 Å². The van der Waals surface area contributed by atoms with Crippen molar-refractivity contribution >= 4 is 44.1 Å². The molecule has 0 bridgehead atoms. The van der Waals surface area contributed by atoms with Gasteiger partial charge >= 0.3 is 5.91 Å². The number of aliphatic hydroxyl groups is 1. The van der Waals surface area contributed by atoms with Crippen LogP contribution >= 0.6 is 11.3 Å². The van der Waals surface area contributed by atoms with E-state index in [1.165, 1.54) is 16.2 Å². The SMILES string of the molecule is CCCOc1cccc(C(O)=C2C(=O)C(=O)N(c3nc4c(C)cc(C)cc4s3)C2c2ccc(C)o2)c1. The maximum atomic E-state index is 13.4. The number of aromatic nitrogens is 1. The van der Waals surface area contributed by atoms with E-state index >= 15 is 0 Å². The summed E-state index contributed by atoms with van der Waals surface area (Å²) in [7, 11) is 0. The molecule has 1 amide bonds. The van der Waals surface area contributed by atoms with Gasteiger partial charge in [-0.2, -0.15) is 0 Å². The van der Waals surface area contributed by atoms with Crippen molar-refractivity contribution in [1.29, 1.82) is 0 Å². The molecular weight excluding hydrogens is 476 g/mol. The number of thiazole rings is 1. The minimum absolute atomic E-state index is 0.0471. The summed E-state index contributed by atoms with van der Waals surface area (Å²) in [5.74, 6) is -0.274. The largest absolute Gasteiger partial charge is 0.507 e. The Bertz CT molecular complexity index is 1530. The van der Waals surface area contributed by atoms with Gasteiger partial charge in [0.15, 0.2) is 5.13 Å². The third-order valence-corrected chi connectivity index (χ3v) is 7.08. The lowest BCUT2D eigenvalue weighted by Gasteiger charge is -2.20. The molecule has 3 heterocycles. The van der Waals surface area contributed by atoms with Crippen LogP contribution in [0.3, 0.4) is 0 Å². The summed E-state index contributed by atoms with van der Waals surface area (Å²) in [6, 6.07) is 13.4. The molecule has 0 radical (unpaired) electrons.